The Morgan fingerprint density at radius 3 is 1.31 bits per heavy atom. The molecule has 0 aliphatic rings. The van der Waals surface area contributed by atoms with Gasteiger partial charge >= 0.3 is 17.2 Å². The first-order chi connectivity index (χ1) is 13.7. The molecule has 0 rings (SSSR count). The molecule has 0 saturated heterocycles. The Labute approximate surface area is 178 Å². The maximum Gasteiger partial charge on any atom is 0.335 e. The van der Waals surface area contributed by atoms with E-state index in [2.05, 4.69) is 15.7 Å². The van der Waals surface area contributed by atoms with E-state index in [0.717, 1.165) is 12.8 Å². The second-order valence-electron chi connectivity index (χ2n) is 4.67. The summed E-state index contributed by atoms with van der Waals surface area (Å²) < 4.78 is 33.5. The summed E-state index contributed by atoms with van der Waals surface area (Å²) in [6.45, 7) is 12.2. The van der Waals surface area contributed by atoms with E-state index in [1.165, 1.54) is 0 Å². The van der Waals surface area contributed by atoms with Crippen LogP contribution < -0.4 is 0 Å². The van der Waals surface area contributed by atoms with E-state index in [-0.39, 0.29) is 0 Å². The molecule has 4 radical (unpaired) electrons. The van der Waals surface area contributed by atoms with Crippen molar-refractivity contribution in [2.75, 3.05) is 26.4 Å². The Hall–Kier alpha value is -0.310. The van der Waals surface area contributed by atoms with Crippen LogP contribution in [0, 0.1) is 0 Å². The first-order valence-electron chi connectivity index (χ1n) is 9.10. The van der Waals surface area contributed by atoms with Crippen molar-refractivity contribution in [3.8, 4) is 0 Å². The van der Waals surface area contributed by atoms with Gasteiger partial charge in [-0.1, -0.05) is 20.8 Å². The van der Waals surface area contributed by atoms with Crippen LogP contribution in [-0.4, -0.2) is 70.4 Å². The van der Waals surface area contributed by atoms with Crippen molar-refractivity contribution in [2.45, 2.75) is 60.2 Å². The predicted octanol–water partition coefficient (Wildman–Crippen LogP) is 4.80. The molecule has 1 atom stereocenters. The van der Waals surface area contributed by atoms with Crippen LogP contribution in [-0.2, 0) is 27.1 Å². The fourth-order valence-electron chi connectivity index (χ4n) is 1.10. The van der Waals surface area contributed by atoms with Crippen LogP contribution in [0.5, 0.6) is 0 Å². The molecular weight excluding hydrogens is 424 g/mol. The van der Waals surface area contributed by atoms with E-state index < -0.39 is 35.2 Å². The molecule has 0 heterocycles. The number of carbonyl (C=O) groups is 2. The first kappa shape index (κ1) is 33.3. The third-order valence-corrected chi connectivity index (χ3v) is 4.55. The molecule has 0 aliphatic carbocycles. The van der Waals surface area contributed by atoms with Crippen LogP contribution >= 0.6 is 17.2 Å². The van der Waals surface area contributed by atoms with Gasteiger partial charge in [0.25, 0.3) is 0 Å². The van der Waals surface area contributed by atoms with Crippen molar-refractivity contribution in [3.05, 3.63) is 0 Å². The van der Waals surface area contributed by atoms with Gasteiger partial charge in [-0.15, -0.1) is 0 Å². The third kappa shape index (κ3) is 32.6. The standard InChI is InChI=1S/C13H30O6P2.2CHBO2/c1-6-11-16-21(17-12-7-2)19-13(8-3)18-20(14-9-4)15-10-5;2*2-1(3)4/h13H,6-12H2,1-5H3;2*(H,3,4). The molecule has 0 aromatic carbocycles. The van der Waals surface area contributed by atoms with Gasteiger partial charge in [-0.3, -0.25) is 18.6 Å². The molecule has 0 aromatic heterocycles. The number of hydrogen-bond acceptors (Lipinski definition) is 8. The third-order valence-electron chi connectivity index (χ3n) is 2.01. The molecule has 2 N–H and O–H groups in total. The Balaban J connectivity index is -0.000000712. The van der Waals surface area contributed by atoms with Gasteiger partial charge in [0.15, 0.2) is 6.29 Å². The lowest BCUT2D eigenvalue weighted by Crippen LogP contribution is -2.14. The quantitative estimate of drug-likeness (QED) is 0.201. The topological polar surface area (TPSA) is 130 Å². The molecule has 0 aromatic rings. The summed E-state index contributed by atoms with van der Waals surface area (Å²) in [5, 5.41) is 14.4. The van der Waals surface area contributed by atoms with Gasteiger partial charge in [0.1, 0.15) is 0 Å². The van der Waals surface area contributed by atoms with E-state index >= 15 is 0 Å². The monoisotopic (exact) mass is 456 g/mol. The minimum atomic E-state index is -1.39. The van der Waals surface area contributed by atoms with Gasteiger partial charge in [-0.2, -0.15) is 0 Å². The van der Waals surface area contributed by atoms with E-state index in [9.17, 15) is 0 Å². The van der Waals surface area contributed by atoms with E-state index in [1.54, 1.807) is 0 Å². The lowest BCUT2D eigenvalue weighted by molar-refractivity contribution is -0.0304. The van der Waals surface area contributed by atoms with Gasteiger partial charge in [-0.25, -0.2) is 0 Å². The second kappa shape index (κ2) is 25.7. The molecule has 1 unspecified atom stereocenters. The van der Waals surface area contributed by atoms with Crippen molar-refractivity contribution in [1.82, 2.24) is 0 Å². The maximum atomic E-state index is 8.78. The summed E-state index contributed by atoms with van der Waals surface area (Å²) >= 11 is 0. The van der Waals surface area contributed by atoms with Gasteiger partial charge in [0.2, 0.25) is 27.4 Å². The minimum absolute atomic E-state index is 0.450. The van der Waals surface area contributed by atoms with Gasteiger partial charge in [0.05, 0.1) is 26.4 Å². The number of rotatable bonds is 15. The summed E-state index contributed by atoms with van der Waals surface area (Å²) in [7, 11) is 5.27. The zero-order chi connectivity index (χ0) is 23.1. The normalized spacial score (nSPS) is 11.3. The number of hydrogen-bond donors (Lipinski definition) is 2. The molecular formula is C15H32B2O10P2. The fourth-order valence-corrected chi connectivity index (χ4v) is 3.41. The molecule has 0 spiro atoms. The van der Waals surface area contributed by atoms with Crippen molar-refractivity contribution in [2.24, 2.45) is 0 Å². The van der Waals surface area contributed by atoms with Crippen molar-refractivity contribution in [1.29, 1.82) is 0 Å². The predicted molar refractivity (Wildman–Crippen MR) is 113 cm³/mol. The molecule has 0 fully saturated rings. The lowest BCUT2D eigenvalue weighted by Gasteiger charge is -2.24. The van der Waals surface area contributed by atoms with Gasteiger partial charge in [-0.05, 0) is 33.1 Å². The minimum Gasteiger partial charge on any atom is -0.490 e. The zero-order valence-corrected chi connectivity index (χ0v) is 19.5. The summed E-state index contributed by atoms with van der Waals surface area (Å²) in [6, 6.07) is 0. The molecule has 0 bridgehead atoms. The fraction of sp³-hybridized carbons (Fsp3) is 0.867. The first-order valence-corrected chi connectivity index (χ1v) is 11.3. The average Bonchev–Trinajstić information content (AvgIpc) is 2.62. The molecule has 14 heteroatoms. The lowest BCUT2D eigenvalue weighted by atomic mass is 10.2. The Morgan fingerprint density at radius 2 is 1.07 bits per heavy atom. The summed E-state index contributed by atoms with van der Waals surface area (Å²) in [5.74, 6) is -2.67. The molecule has 29 heavy (non-hydrogen) atoms. The second-order valence-corrected chi connectivity index (χ2v) is 7.02. The molecule has 168 valence electrons. The average molecular weight is 456 g/mol. The van der Waals surface area contributed by atoms with Crippen molar-refractivity contribution in [3.63, 3.8) is 0 Å². The van der Waals surface area contributed by atoms with E-state index in [4.69, 9.17) is 46.9 Å². The van der Waals surface area contributed by atoms with Gasteiger partial charge in [0, 0.05) is 0 Å². The van der Waals surface area contributed by atoms with Crippen LogP contribution in [0.1, 0.15) is 53.9 Å². The van der Waals surface area contributed by atoms with E-state index in [1.807, 2.05) is 34.6 Å². The highest BCUT2D eigenvalue weighted by Gasteiger charge is 2.24. The molecule has 10 nitrogen and oxygen atoms in total. The number of carboxylic acid groups (broad SMARTS) is 2. The summed E-state index contributed by atoms with van der Waals surface area (Å²) in [5.41, 5.74) is 0. The maximum absolute atomic E-state index is 8.78. The molecule has 0 aliphatic heterocycles. The largest absolute Gasteiger partial charge is 0.490 e. The van der Waals surface area contributed by atoms with Crippen molar-refractivity contribution < 1.29 is 46.9 Å². The van der Waals surface area contributed by atoms with Crippen molar-refractivity contribution >= 4 is 44.6 Å². The Morgan fingerprint density at radius 1 is 0.759 bits per heavy atom. The smallest absolute Gasteiger partial charge is 0.335 e. The Kier molecular flexibility index (Phi) is 29.6. The summed E-state index contributed by atoms with van der Waals surface area (Å²) in [4.78, 5) is 17.6. The highest BCUT2D eigenvalue weighted by atomic mass is 31.2. The van der Waals surface area contributed by atoms with Crippen LogP contribution in [0.25, 0.3) is 0 Å². The highest BCUT2D eigenvalue weighted by molar-refractivity contribution is 7.42. The van der Waals surface area contributed by atoms with Crippen LogP contribution in [0.3, 0.4) is 0 Å². The summed E-state index contributed by atoms with van der Waals surface area (Å²) in [6.07, 6.45) is 2.05. The zero-order valence-electron chi connectivity index (χ0n) is 17.7. The SMILES string of the molecule is CCCOP(OCCC)OC(CC)OP(OCC)OCC.[B]C(=O)O.[B]C(=O)O. The van der Waals surface area contributed by atoms with Crippen LogP contribution in [0.4, 0.5) is 9.59 Å². The highest BCUT2D eigenvalue weighted by Crippen LogP contribution is 2.47. The molecule has 0 amide bonds. The van der Waals surface area contributed by atoms with E-state index in [0.29, 0.717) is 32.8 Å². The Bertz CT molecular complexity index is 349. The van der Waals surface area contributed by atoms with Gasteiger partial charge < -0.3 is 28.3 Å². The van der Waals surface area contributed by atoms with Crippen LogP contribution in [0.15, 0.2) is 0 Å². The molecule has 0 saturated carbocycles. The van der Waals surface area contributed by atoms with Crippen LogP contribution in [0.2, 0.25) is 0 Å².